The van der Waals surface area contributed by atoms with Crippen molar-refractivity contribution in [2.24, 2.45) is 0 Å². The van der Waals surface area contributed by atoms with Crippen LogP contribution in [0.2, 0.25) is 0 Å². The van der Waals surface area contributed by atoms with Gasteiger partial charge in [0.25, 0.3) is 20.2 Å². The molecule has 0 fully saturated rings. The van der Waals surface area contributed by atoms with E-state index < -0.39 is 30.0 Å². The predicted octanol–water partition coefficient (Wildman–Crippen LogP) is 1.43. The Morgan fingerprint density at radius 3 is 1.86 bits per heavy atom. The molecule has 2 aromatic carbocycles. The molecule has 0 saturated heterocycles. The van der Waals surface area contributed by atoms with E-state index in [0.717, 1.165) is 12.1 Å². The fourth-order valence-corrected chi connectivity index (χ4v) is 3.38. The summed E-state index contributed by atoms with van der Waals surface area (Å²) in [5.74, 6) is 0. The van der Waals surface area contributed by atoms with E-state index in [1.54, 1.807) is 0 Å². The second-order valence-electron chi connectivity index (χ2n) is 4.17. The van der Waals surface area contributed by atoms with Crippen LogP contribution in [0.1, 0.15) is 0 Å². The van der Waals surface area contributed by atoms with E-state index >= 15 is 0 Å². The molecule has 0 aliphatic carbocycles. The van der Waals surface area contributed by atoms with Gasteiger partial charge in [0.2, 0.25) is 0 Å². The fraction of sp³-hybridized carbons (Fsp3) is 0. The first-order valence-electron chi connectivity index (χ1n) is 5.55. The highest BCUT2D eigenvalue weighted by molar-refractivity contribution is 7.86. The molecule has 9 heteroatoms. The summed E-state index contributed by atoms with van der Waals surface area (Å²) in [6, 6.07) is 8.93. The Bertz CT molecular complexity index is 903. The number of hydrogen-bond acceptors (Lipinski definition) is 5. The van der Waals surface area contributed by atoms with Gasteiger partial charge in [-0.1, -0.05) is 24.3 Å². The van der Waals surface area contributed by atoms with E-state index in [2.05, 4.69) is 0 Å². The third-order valence-electron chi connectivity index (χ3n) is 2.77. The smallest absolute Gasteiger partial charge is 0.295 e. The Morgan fingerprint density at radius 2 is 1.29 bits per heavy atom. The van der Waals surface area contributed by atoms with E-state index in [9.17, 15) is 25.9 Å². The average Bonchev–Trinajstić information content (AvgIpc) is 2.36. The van der Waals surface area contributed by atoms with Crippen molar-refractivity contribution in [3.63, 3.8) is 0 Å². The zero-order valence-electron chi connectivity index (χ0n) is 10.5. The van der Waals surface area contributed by atoms with Crippen LogP contribution < -0.4 is 5.73 Å². The topological polar surface area (TPSA) is 135 Å². The van der Waals surface area contributed by atoms with Gasteiger partial charge in [-0.3, -0.25) is 9.11 Å². The van der Waals surface area contributed by atoms with Crippen molar-refractivity contribution < 1.29 is 25.9 Å². The summed E-state index contributed by atoms with van der Waals surface area (Å²) >= 11 is 0. The van der Waals surface area contributed by atoms with E-state index in [4.69, 9.17) is 5.73 Å². The van der Waals surface area contributed by atoms with Crippen LogP contribution in [0, 0.1) is 0 Å². The van der Waals surface area contributed by atoms with Crippen molar-refractivity contribution in [3.05, 3.63) is 42.5 Å². The maximum Gasteiger partial charge on any atom is 0.295 e. The summed E-state index contributed by atoms with van der Waals surface area (Å²) in [5, 5.41) is 0. The highest BCUT2D eigenvalue weighted by atomic mass is 32.2. The van der Waals surface area contributed by atoms with Gasteiger partial charge in [0, 0.05) is 16.8 Å². The average molecular weight is 329 g/mol. The van der Waals surface area contributed by atoms with Gasteiger partial charge in [-0.2, -0.15) is 16.8 Å². The van der Waals surface area contributed by atoms with Crippen LogP contribution in [-0.4, -0.2) is 25.9 Å². The molecule has 0 aliphatic rings. The lowest BCUT2D eigenvalue weighted by Crippen LogP contribution is -2.07. The van der Waals surface area contributed by atoms with Crippen molar-refractivity contribution >= 4 is 25.9 Å². The van der Waals surface area contributed by atoms with Gasteiger partial charge in [-0.15, -0.1) is 0 Å². The van der Waals surface area contributed by atoms with E-state index in [-0.39, 0.29) is 16.8 Å². The zero-order chi connectivity index (χ0) is 15.8. The molecule has 2 rings (SSSR count). The minimum absolute atomic E-state index is 0.0544. The lowest BCUT2D eigenvalue weighted by Gasteiger charge is -2.13. The predicted molar refractivity (Wildman–Crippen MR) is 75.9 cm³/mol. The minimum Gasteiger partial charge on any atom is -0.398 e. The van der Waals surface area contributed by atoms with Gasteiger partial charge in [-0.05, 0) is 18.2 Å². The third-order valence-corrected chi connectivity index (χ3v) is 4.58. The fourth-order valence-electron chi connectivity index (χ4n) is 1.95. The molecule has 0 heterocycles. The van der Waals surface area contributed by atoms with Crippen LogP contribution in [0.15, 0.2) is 52.3 Å². The standard InChI is InChI=1S/C12H11NO6S2/c13-9-5-3-7-11(21(17,18)19)12(9)8-4-1-2-6-10(8)20(14,15)16/h1-7H,13H2,(H,14,15,16)(H,17,18,19). The normalized spacial score (nSPS) is 12.3. The largest absolute Gasteiger partial charge is 0.398 e. The maximum atomic E-state index is 11.4. The first kappa shape index (κ1) is 15.4. The molecule has 0 bridgehead atoms. The first-order chi connectivity index (χ1) is 9.62. The zero-order valence-corrected chi connectivity index (χ0v) is 12.1. The number of nitrogens with two attached hydrogens (primary N) is 1. The van der Waals surface area contributed by atoms with Gasteiger partial charge in [0.15, 0.2) is 0 Å². The molecule has 4 N–H and O–H groups in total. The number of rotatable bonds is 3. The summed E-state index contributed by atoms with van der Waals surface area (Å²) in [6.07, 6.45) is 0. The van der Waals surface area contributed by atoms with Crippen molar-refractivity contribution in [2.75, 3.05) is 5.73 Å². The minimum atomic E-state index is -4.62. The summed E-state index contributed by atoms with van der Waals surface area (Å²) < 4.78 is 64.1. The van der Waals surface area contributed by atoms with Gasteiger partial charge in [0.05, 0.1) is 0 Å². The molecule has 0 amide bonds. The molecule has 0 aliphatic heterocycles. The van der Waals surface area contributed by atoms with Crippen molar-refractivity contribution in [2.45, 2.75) is 9.79 Å². The number of hydrogen-bond donors (Lipinski definition) is 3. The first-order valence-corrected chi connectivity index (χ1v) is 8.43. The Labute approximate surface area is 121 Å². The molecule has 0 aromatic heterocycles. The number of anilines is 1. The van der Waals surface area contributed by atoms with Crippen LogP contribution in [0.3, 0.4) is 0 Å². The molecular weight excluding hydrogens is 318 g/mol. The second-order valence-corrected chi connectivity index (χ2v) is 6.95. The molecule has 2 aromatic rings. The van der Waals surface area contributed by atoms with Gasteiger partial charge in [-0.25, -0.2) is 0 Å². The van der Waals surface area contributed by atoms with Crippen LogP contribution >= 0.6 is 0 Å². The van der Waals surface area contributed by atoms with Crippen LogP contribution in [0.25, 0.3) is 11.1 Å². The highest BCUT2D eigenvalue weighted by Crippen LogP contribution is 2.36. The van der Waals surface area contributed by atoms with Crippen molar-refractivity contribution in [1.82, 2.24) is 0 Å². The molecule has 21 heavy (non-hydrogen) atoms. The number of benzene rings is 2. The molecule has 0 spiro atoms. The third kappa shape index (κ3) is 3.05. The van der Waals surface area contributed by atoms with Gasteiger partial charge < -0.3 is 5.73 Å². The molecule has 0 radical (unpaired) electrons. The van der Waals surface area contributed by atoms with Crippen LogP contribution in [-0.2, 0) is 20.2 Å². The number of nitrogen functional groups attached to an aromatic ring is 1. The Hall–Kier alpha value is -1.94. The lowest BCUT2D eigenvalue weighted by molar-refractivity contribution is 0.480. The molecule has 0 unspecified atom stereocenters. The molecule has 0 saturated carbocycles. The van der Waals surface area contributed by atoms with Crippen LogP contribution in [0.4, 0.5) is 5.69 Å². The summed E-state index contributed by atoms with van der Waals surface area (Å²) in [6.45, 7) is 0. The SMILES string of the molecule is Nc1cccc(S(=O)(=O)O)c1-c1ccccc1S(=O)(=O)O. The second kappa shape index (κ2) is 5.11. The van der Waals surface area contributed by atoms with Crippen LogP contribution in [0.5, 0.6) is 0 Å². The van der Waals surface area contributed by atoms with E-state index in [0.29, 0.717) is 0 Å². The van der Waals surface area contributed by atoms with Crippen molar-refractivity contribution in [3.8, 4) is 11.1 Å². The van der Waals surface area contributed by atoms with E-state index in [1.807, 2.05) is 0 Å². The monoisotopic (exact) mass is 329 g/mol. The molecular formula is C12H11NO6S2. The quantitative estimate of drug-likeness (QED) is 0.572. The van der Waals surface area contributed by atoms with Crippen molar-refractivity contribution in [1.29, 1.82) is 0 Å². The molecule has 7 nitrogen and oxygen atoms in total. The molecule has 0 atom stereocenters. The highest BCUT2D eigenvalue weighted by Gasteiger charge is 2.24. The summed E-state index contributed by atoms with van der Waals surface area (Å²) in [4.78, 5) is -1.05. The summed E-state index contributed by atoms with van der Waals surface area (Å²) in [7, 11) is -9.22. The van der Waals surface area contributed by atoms with E-state index in [1.165, 1.54) is 30.3 Å². The Balaban J connectivity index is 2.94. The summed E-state index contributed by atoms with van der Waals surface area (Å²) in [5.41, 5.74) is 5.35. The lowest BCUT2D eigenvalue weighted by atomic mass is 10.0. The molecule has 112 valence electrons. The van der Waals surface area contributed by atoms with Gasteiger partial charge >= 0.3 is 0 Å². The Kier molecular flexibility index (Phi) is 3.76. The maximum absolute atomic E-state index is 11.4. The Morgan fingerprint density at radius 1 is 0.762 bits per heavy atom. The van der Waals surface area contributed by atoms with Gasteiger partial charge in [0.1, 0.15) is 9.79 Å².